The standard InChI is InChI=1S/C12H12N6O/c13-6-11-14-4-3-10(18-11)15-7-1-2-8-9(5-7)17-12(19)16-8/h1-5H,6,13H2,(H,14,15,18)(H2,16,17,19). The lowest BCUT2D eigenvalue weighted by Crippen LogP contribution is -2.04. The fourth-order valence-electron chi connectivity index (χ4n) is 1.83. The molecule has 0 bridgehead atoms. The molecule has 96 valence electrons. The molecule has 0 amide bonds. The molecule has 0 unspecified atom stereocenters. The monoisotopic (exact) mass is 256 g/mol. The van der Waals surface area contributed by atoms with Crippen molar-refractivity contribution in [3.05, 3.63) is 46.8 Å². The Balaban J connectivity index is 1.93. The van der Waals surface area contributed by atoms with Crippen molar-refractivity contribution in [1.82, 2.24) is 19.9 Å². The number of benzene rings is 1. The van der Waals surface area contributed by atoms with Gasteiger partial charge in [0.1, 0.15) is 11.6 Å². The van der Waals surface area contributed by atoms with Crippen molar-refractivity contribution in [3.8, 4) is 0 Å². The summed E-state index contributed by atoms with van der Waals surface area (Å²) in [6.45, 7) is 0.291. The van der Waals surface area contributed by atoms with Crippen molar-refractivity contribution in [3.63, 3.8) is 0 Å². The highest BCUT2D eigenvalue weighted by Crippen LogP contribution is 2.18. The minimum Gasteiger partial charge on any atom is -0.340 e. The van der Waals surface area contributed by atoms with Crippen LogP contribution in [0.15, 0.2) is 35.3 Å². The first-order valence-corrected chi connectivity index (χ1v) is 5.75. The number of hydrogen-bond donors (Lipinski definition) is 4. The van der Waals surface area contributed by atoms with E-state index in [0.29, 0.717) is 18.2 Å². The second kappa shape index (κ2) is 4.54. The first-order valence-electron chi connectivity index (χ1n) is 5.75. The predicted octanol–water partition coefficient (Wildman–Crippen LogP) is 0.848. The molecule has 0 atom stereocenters. The predicted molar refractivity (Wildman–Crippen MR) is 72.1 cm³/mol. The van der Waals surface area contributed by atoms with Crippen molar-refractivity contribution in [1.29, 1.82) is 0 Å². The summed E-state index contributed by atoms with van der Waals surface area (Å²) in [7, 11) is 0. The van der Waals surface area contributed by atoms with Crippen molar-refractivity contribution in [2.45, 2.75) is 6.54 Å². The third-order valence-corrected chi connectivity index (χ3v) is 2.68. The zero-order valence-electron chi connectivity index (χ0n) is 9.97. The number of rotatable bonds is 3. The first kappa shape index (κ1) is 11.4. The Morgan fingerprint density at radius 1 is 1.21 bits per heavy atom. The van der Waals surface area contributed by atoms with Gasteiger partial charge in [-0.2, -0.15) is 0 Å². The van der Waals surface area contributed by atoms with Crippen LogP contribution in [0.1, 0.15) is 5.82 Å². The van der Waals surface area contributed by atoms with E-state index in [1.165, 1.54) is 0 Å². The van der Waals surface area contributed by atoms with Gasteiger partial charge in [0.15, 0.2) is 0 Å². The maximum atomic E-state index is 11.2. The summed E-state index contributed by atoms with van der Waals surface area (Å²) in [5.74, 6) is 1.23. The molecule has 5 N–H and O–H groups in total. The van der Waals surface area contributed by atoms with Crippen LogP contribution in [0.5, 0.6) is 0 Å². The molecule has 0 saturated carbocycles. The van der Waals surface area contributed by atoms with Gasteiger partial charge in [-0.05, 0) is 24.3 Å². The Kier molecular flexibility index (Phi) is 2.73. The Morgan fingerprint density at radius 2 is 2.05 bits per heavy atom. The fourth-order valence-corrected chi connectivity index (χ4v) is 1.83. The third-order valence-electron chi connectivity index (χ3n) is 2.68. The van der Waals surface area contributed by atoms with Crippen LogP contribution in [0.3, 0.4) is 0 Å². The molecular weight excluding hydrogens is 244 g/mol. The molecule has 0 aliphatic rings. The molecule has 3 rings (SSSR count). The molecule has 2 aromatic heterocycles. The number of imidazole rings is 1. The molecule has 0 radical (unpaired) electrons. The number of nitrogens with one attached hydrogen (secondary N) is 3. The highest BCUT2D eigenvalue weighted by atomic mass is 16.1. The van der Waals surface area contributed by atoms with E-state index in [0.717, 1.165) is 16.7 Å². The lowest BCUT2D eigenvalue weighted by Gasteiger charge is -2.06. The summed E-state index contributed by atoms with van der Waals surface area (Å²) in [5, 5.41) is 3.14. The van der Waals surface area contributed by atoms with E-state index in [9.17, 15) is 4.79 Å². The van der Waals surface area contributed by atoms with Gasteiger partial charge in [0.2, 0.25) is 0 Å². The van der Waals surface area contributed by atoms with E-state index >= 15 is 0 Å². The number of anilines is 2. The second-order valence-electron chi connectivity index (χ2n) is 4.03. The van der Waals surface area contributed by atoms with Gasteiger partial charge in [-0.15, -0.1) is 0 Å². The van der Waals surface area contributed by atoms with E-state index in [1.807, 2.05) is 18.2 Å². The van der Waals surface area contributed by atoms with Crippen LogP contribution in [0.25, 0.3) is 11.0 Å². The van der Waals surface area contributed by atoms with E-state index < -0.39 is 0 Å². The molecule has 1 aromatic carbocycles. The van der Waals surface area contributed by atoms with Gasteiger partial charge >= 0.3 is 5.69 Å². The quantitative estimate of drug-likeness (QED) is 0.555. The number of nitrogens with two attached hydrogens (primary N) is 1. The summed E-state index contributed by atoms with van der Waals surface area (Å²) in [6, 6.07) is 7.26. The topological polar surface area (TPSA) is 112 Å². The molecule has 0 fully saturated rings. The van der Waals surface area contributed by atoms with Crippen LogP contribution >= 0.6 is 0 Å². The van der Waals surface area contributed by atoms with Crippen LogP contribution in [-0.2, 0) is 6.54 Å². The highest BCUT2D eigenvalue weighted by Gasteiger charge is 2.02. The van der Waals surface area contributed by atoms with Gasteiger partial charge in [-0.1, -0.05) is 0 Å². The normalized spacial score (nSPS) is 10.8. The molecule has 2 heterocycles. The van der Waals surface area contributed by atoms with Gasteiger partial charge in [0.25, 0.3) is 0 Å². The van der Waals surface area contributed by atoms with E-state index in [1.54, 1.807) is 12.3 Å². The molecule has 0 aliphatic heterocycles. The lowest BCUT2D eigenvalue weighted by atomic mass is 10.3. The summed E-state index contributed by atoms with van der Waals surface area (Å²) in [5.41, 5.74) is 7.60. The molecule has 0 spiro atoms. The second-order valence-corrected chi connectivity index (χ2v) is 4.03. The summed E-state index contributed by atoms with van der Waals surface area (Å²) in [4.78, 5) is 24.8. The Labute approximate surface area is 107 Å². The van der Waals surface area contributed by atoms with Crippen molar-refractivity contribution < 1.29 is 0 Å². The average molecular weight is 256 g/mol. The highest BCUT2D eigenvalue weighted by molar-refractivity contribution is 5.79. The number of hydrogen-bond acceptors (Lipinski definition) is 5. The van der Waals surface area contributed by atoms with Crippen LogP contribution in [0.4, 0.5) is 11.5 Å². The smallest absolute Gasteiger partial charge is 0.323 e. The lowest BCUT2D eigenvalue weighted by molar-refractivity contribution is 0.912. The zero-order chi connectivity index (χ0) is 13.2. The molecule has 19 heavy (non-hydrogen) atoms. The van der Waals surface area contributed by atoms with Crippen LogP contribution < -0.4 is 16.7 Å². The maximum absolute atomic E-state index is 11.2. The molecule has 7 heteroatoms. The van der Waals surface area contributed by atoms with E-state index in [-0.39, 0.29) is 5.69 Å². The SMILES string of the molecule is NCc1nccc(Nc2ccc3[nH]c(=O)[nH]c3c2)n1. The summed E-state index contributed by atoms with van der Waals surface area (Å²) >= 11 is 0. The molecular formula is C12H12N6O. The molecule has 7 nitrogen and oxygen atoms in total. The third kappa shape index (κ3) is 2.31. The Morgan fingerprint density at radius 3 is 2.89 bits per heavy atom. The number of H-pyrrole nitrogens is 2. The van der Waals surface area contributed by atoms with Crippen molar-refractivity contribution in [2.24, 2.45) is 5.73 Å². The van der Waals surface area contributed by atoms with Crippen molar-refractivity contribution >= 4 is 22.5 Å². The van der Waals surface area contributed by atoms with Gasteiger partial charge in [-0.25, -0.2) is 14.8 Å². The Hall–Kier alpha value is -2.67. The number of nitrogens with zero attached hydrogens (tertiary/aromatic N) is 2. The molecule has 3 aromatic rings. The summed E-state index contributed by atoms with van der Waals surface area (Å²) < 4.78 is 0. The van der Waals surface area contributed by atoms with E-state index in [4.69, 9.17) is 5.73 Å². The fraction of sp³-hybridized carbons (Fsp3) is 0.0833. The van der Waals surface area contributed by atoms with Crippen LogP contribution in [0.2, 0.25) is 0 Å². The maximum Gasteiger partial charge on any atom is 0.323 e. The van der Waals surface area contributed by atoms with Gasteiger partial charge in [0, 0.05) is 11.9 Å². The van der Waals surface area contributed by atoms with Gasteiger partial charge in [0.05, 0.1) is 17.6 Å². The molecule has 0 aliphatic carbocycles. The number of aromatic amines is 2. The summed E-state index contributed by atoms with van der Waals surface area (Å²) in [6.07, 6.45) is 1.65. The first-order chi connectivity index (χ1) is 9.24. The Bertz CT molecular complexity index is 775. The minimum absolute atomic E-state index is 0.223. The number of aromatic nitrogens is 4. The average Bonchev–Trinajstić information content (AvgIpc) is 2.78. The van der Waals surface area contributed by atoms with Crippen molar-refractivity contribution in [2.75, 3.05) is 5.32 Å². The van der Waals surface area contributed by atoms with Crippen LogP contribution in [0, 0.1) is 0 Å². The zero-order valence-corrected chi connectivity index (χ0v) is 9.97. The molecule has 0 saturated heterocycles. The van der Waals surface area contributed by atoms with Crippen LogP contribution in [-0.4, -0.2) is 19.9 Å². The largest absolute Gasteiger partial charge is 0.340 e. The minimum atomic E-state index is -0.223. The van der Waals surface area contributed by atoms with Gasteiger partial charge in [-0.3, -0.25) is 0 Å². The van der Waals surface area contributed by atoms with E-state index in [2.05, 4.69) is 25.3 Å². The van der Waals surface area contributed by atoms with Gasteiger partial charge < -0.3 is 21.0 Å². The number of fused-ring (bicyclic) bond motifs is 1.